The average molecular weight is 440 g/mol. The maximum absolute atomic E-state index is 13.9. The van der Waals surface area contributed by atoms with E-state index in [9.17, 15) is 22.8 Å². The molecule has 3 aromatic carbocycles. The first-order valence-corrected chi connectivity index (χ1v) is 9.98. The van der Waals surface area contributed by atoms with Gasteiger partial charge in [-0.15, -0.1) is 0 Å². The third-order valence-corrected chi connectivity index (χ3v) is 5.19. The Balaban J connectivity index is 1.35. The van der Waals surface area contributed by atoms with E-state index in [4.69, 9.17) is 4.74 Å². The van der Waals surface area contributed by atoms with Crippen LogP contribution < -0.4 is 4.74 Å². The smallest absolute Gasteiger partial charge is 0.256 e. The monoisotopic (exact) mass is 440 g/mol. The minimum atomic E-state index is -1.01. The molecule has 1 aliphatic heterocycles. The summed E-state index contributed by atoms with van der Waals surface area (Å²) in [6.07, 6.45) is 0. The van der Waals surface area contributed by atoms with Gasteiger partial charge in [-0.3, -0.25) is 9.59 Å². The van der Waals surface area contributed by atoms with Crippen LogP contribution in [0.2, 0.25) is 0 Å². The highest BCUT2D eigenvalue weighted by atomic mass is 19.2. The van der Waals surface area contributed by atoms with E-state index in [2.05, 4.69) is 0 Å². The molecule has 0 unspecified atom stereocenters. The van der Waals surface area contributed by atoms with Crippen molar-refractivity contribution < 1.29 is 27.5 Å². The molecule has 1 aliphatic rings. The summed E-state index contributed by atoms with van der Waals surface area (Å²) >= 11 is 0. The van der Waals surface area contributed by atoms with Gasteiger partial charge < -0.3 is 14.5 Å². The van der Waals surface area contributed by atoms with Gasteiger partial charge in [-0.05, 0) is 48.5 Å². The lowest BCUT2D eigenvalue weighted by molar-refractivity contribution is 0.0533. The molecule has 8 heteroatoms. The molecule has 0 aliphatic carbocycles. The second kappa shape index (κ2) is 9.13. The van der Waals surface area contributed by atoms with Gasteiger partial charge in [-0.1, -0.05) is 12.1 Å². The van der Waals surface area contributed by atoms with Crippen LogP contribution in [0.3, 0.4) is 0 Å². The number of hydrogen-bond donors (Lipinski definition) is 0. The largest absolute Gasteiger partial charge is 0.457 e. The molecule has 0 atom stereocenters. The van der Waals surface area contributed by atoms with E-state index in [-0.39, 0.29) is 17.2 Å². The second-order valence-corrected chi connectivity index (χ2v) is 7.27. The first-order chi connectivity index (χ1) is 15.4. The number of benzene rings is 3. The number of nitrogens with zero attached hydrogens (tertiary/aromatic N) is 2. The molecule has 0 spiro atoms. The summed E-state index contributed by atoms with van der Waals surface area (Å²) in [6.45, 7) is 1.25. The zero-order valence-corrected chi connectivity index (χ0v) is 16.9. The van der Waals surface area contributed by atoms with Gasteiger partial charge in [0.15, 0.2) is 11.6 Å². The quantitative estimate of drug-likeness (QED) is 0.601. The number of piperazine rings is 1. The summed E-state index contributed by atoms with van der Waals surface area (Å²) in [4.78, 5) is 28.5. The van der Waals surface area contributed by atoms with Crippen molar-refractivity contribution in [3.63, 3.8) is 0 Å². The fraction of sp³-hybridized carbons (Fsp3) is 0.167. The Morgan fingerprint density at radius 3 is 1.88 bits per heavy atom. The minimum absolute atomic E-state index is 0.0175. The van der Waals surface area contributed by atoms with Gasteiger partial charge in [-0.2, -0.15) is 0 Å². The molecule has 1 fully saturated rings. The van der Waals surface area contributed by atoms with Gasteiger partial charge >= 0.3 is 0 Å². The van der Waals surface area contributed by atoms with Crippen molar-refractivity contribution >= 4 is 11.8 Å². The summed E-state index contributed by atoms with van der Waals surface area (Å²) in [5.74, 6) is -2.64. The van der Waals surface area contributed by atoms with E-state index in [0.29, 0.717) is 37.5 Å². The van der Waals surface area contributed by atoms with Crippen LogP contribution in [0.5, 0.6) is 11.5 Å². The maximum Gasteiger partial charge on any atom is 0.256 e. The highest BCUT2D eigenvalue weighted by molar-refractivity contribution is 5.96. The number of halogens is 3. The number of carbonyl (C=O) groups excluding carboxylic acids is 2. The molecule has 1 saturated heterocycles. The van der Waals surface area contributed by atoms with Crippen LogP contribution >= 0.6 is 0 Å². The fourth-order valence-electron chi connectivity index (χ4n) is 3.44. The van der Waals surface area contributed by atoms with Crippen molar-refractivity contribution in [3.05, 3.63) is 95.3 Å². The number of amides is 2. The molecule has 0 aromatic heterocycles. The predicted molar refractivity (Wildman–Crippen MR) is 111 cm³/mol. The molecule has 4 rings (SSSR count). The van der Waals surface area contributed by atoms with Gasteiger partial charge in [0, 0.05) is 37.8 Å². The van der Waals surface area contributed by atoms with Crippen molar-refractivity contribution in [1.82, 2.24) is 9.80 Å². The lowest BCUT2D eigenvalue weighted by Gasteiger charge is -2.35. The molecule has 0 saturated carbocycles. The van der Waals surface area contributed by atoms with E-state index in [1.54, 1.807) is 35.2 Å². The zero-order valence-electron chi connectivity index (χ0n) is 16.9. The van der Waals surface area contributed by atoms with Gasteiger partial charge in [0.2, 0.25) is 0 Å². The highest BCUT2D eigenvalue weighted by Crippen LogP contribution is 2.24. The molecule has 32 heavy (non-hydrogen) atoms. The molecule has 164 valence electrons. The van der Waals surface area contributed by atoms with Crippen LogP contribution in [-0.2, 0) is 0 Å². The number of rotatable bonds is 4. The van der Waals surface area contributed by atoms with Gasteiger partial charge in [0.05, 0.1) is 5.56 Å². The predicted octanol–water partition coefficient (Wildman–Crippen LogP) is 4.49. The highest BCUT2D eigenvalue weighted by Gasteiger charge is 2.26. The number of ether oxygens (including phenoxy) is 1. The molecule has 1 heterocycles. The van der Waals surface area contributed by atoms with Gasteiger partial charge in [0.25, 0.3) is 11.8 Å². The van der Waals surface area contributed by atoms with Crippen molar-refractivity contribution in [2.75, 3.05) is 26.2 Å². The lowest BCUT2D eigenvalue weighted by Crippen LogP contribution is -2.50. The van der Waals surface area contributed by atoms with Crippen LogP contribution in [0.15, 0.2) is 66.7 Å². The Morgan fingerprint density at radius 2 is 1.25 bits per heavy atom. The molecule has 3 aromatic rings. The van der Waals surface area contributed by atoms with Crippen molar-refractivity contribution in [1.29, 1.82) is 0 Å². The Labute approximate surface area is 182 Å². The SMILES string of the molecule is O=C(c1ccc(Oc2ccc(F)c(F)c2)cc1)N1CCN(C(=O)c2ccccc2F)CC1. The van der Waals surface area contributed by atoms with Gasteiger partial charge in [0.1, 0.15) is 17.3 Å². The van der Waals surface area contributed by atoms with E-state index in [0.717, 1.165) is 12.1 Å². The summed E-state index contributed by atoms with van der Waals surface area (Å²) in [7, 11) is 0. The summed E-state index contributed by atoms with van der Waals surface area (Å²) < 4.78 is 45.7. The summed E-state index contributed by atoms with van der Waals surface area (Å²) in [6, 6.07) is 15.3. The Kier molecular flexibility index (Phi) is 6.11. The minimum Gasteiger partial charge on any atom is -0.457 e. The Bertz CT molecular complexity index is 1140. The van der Waals surface area contributed by atoms with Crippen LogP contribution in [0.25, 0.3) is 0 Å². The van der Waals surface area contributed by atoms with Crippen molar-refractivity contribution in [2.45, 2.75) is 0 Å². The zero-order chi connectivity index (χ0) is 22.7. The second-order valence-electron chi connectivity index (χ2n) is 7.27. The summed E-state index contributed by atoms with van der Waals surface area (Å²) in [5, 5.41) is 0. The number of hydrogen-bond acceptors (Lipinski definition) is 3. The van der Waals surface area contributed by atoms with E-state index >= 15 is 0 Å². The Morgan fingerprint density at radius 1 is 0.656 bits per heavy atom. The van der Waals surface area contributed by atoms with E-state index in [1.165, 1.54) is 29.2 Å². The maximum atomic E-state index is 13.9. The van der Waals surface area contributed by atoms with Crippen LogP contribution in [0.1, 0.15) is 20.7 Å². The molecule has 0 radical (unpaired) electrons. The van der Waals surface area contributed by atoms with Crippen LogP contribution in [-0.4, -0.2) is 47.8 Å². The molecule has 0 bridgehead atoms. The van der Waals surface area contributed by atoms with Crippen LogP contribution in [0.4, 0.5) is 13.2 Å². The standard InChI is InChI=1S/C24H19F3N2O3/c25-20-4-2-1-3-19(20)24(31)29-13-11-28(12-14-29)23(30)16-5-7-17(8-6-16)32-18-9-10-21(26)22(27)15-18/h1-10,15H,11-14H2. The molecule has 2 amide bonds. The molecule has 0 N–H and O–H groups in total. The number of carbonyl (C=O) groups is 2. The topological polar surface area (TPSA) is 49.9 Å². The molecular formula is C24H19F3N2O3. The van der Waals surface area contributed by atoms with E-state index in [1.807, 2.05) is 0 Å². The van der Waals surface area contributed by atoms with Crippen LogP contribution in [0, 0.1) is 17.5 Å². The first kappa shape index (κ1) is 21.4. The van der Waals surface area contributed by atoms with Gasteiger partial charge in [-0.25, -0.2) is 13.2 Å². The van der Waals surface area contributed by atoms with Crippen molar-refractivity contribution in [3.8, 4) is 11.5 Å². The normalized spacial score (nSPS) is 13.7. The third-order valence-electron chi connectivity index (χ3n) is 5.19. The van der Waals surface area contributed by atoms with E-state index < -0.39 is 23.4 Å². The molecule has 5 nitrogen and oxygen atoms in total. The third kappa shape index (κ3) is 4.59. The fourth-order valence-corrected chi connectivity index (χ4v) is 3.44. The average Bonchev–Trinajstić information content (AvgIpc) is 2.81. The lowest BCUT2D eigenvalue weighted by atomic mass is 10.1. The molecular weight excluding hydrogens is 421 g/mol. The summed E-state index contributed by atoms with van der Waals surface area (Å²) in [5.41, 5.74) is 0.445. The Hall–Kier alpha value is -3.81. The first-order valence-electron chi connectivity index (χ1n) is 9.98. The van der Waals surface area contributed by atoms with Crippen molar-refractivity contribution in [2.24, 2.45) is 0 Å².